The van der Waals surface area contributed by atoms with Crippen LogP contribution in [0.15, 0.2) is 97.1 Å². The first kappa shape index (κ1) is 40.1. The zero-order valence-corrected chi connectivity index (χ0v) is 35.7. The van der Waals surface area contributed by atoms with Crippen LogP contribution < -0.4 is 9.97 Å². The van der Waals surface area contributed by atoms with Crippen molar-refractivity contribution in [3.8, 4) is 44.5 Å². The summed E-state index contributed by atoms with van der Waals surface area (Å²) in [6, 6.07) is 28.8. The Morgan fingerprint density at radius 3 is 0.667 bits per heavy atom. The molecule has 57 heavy (non-hydrogen) atoms. The van der Waals surface area contributed by atoms with Crippen LogP contribution >= 0.6 is 92.8 Å². The molecule has 3 aromatic heterocycles. The third kappa shape index (κ3) is 7.13. The number of aromatic nitrogens is 4. The van der Waals surface area contributed by atoms with Gasteiger partial charge in [0, 0.05) is 62.4 Å². The van der Waals surface area contributed by atoms with E-state index < -0.39 is 0 Å². The average Bonchev–Trinajstić information content (AvgIpc) is 4.00. The second kappa shape index (κ2) is 16.2. The molecule has 5 heterocycles. The van der Waals surface area contributed by atoms with Gasteiger partial charge in [0.25, 0.3) is 0 Å². The molecule has 2 aliphatic rings. The van der Waals surface area contributed by atoms with E-state index in [1.807, 2.05) is 48.6 Å². The Labute approximate surface area is 377 Å². The Hall–Kier alpha value is -3.68. The topological polar surface area (TPSA) is 54.0 Å². The van der Waals surface area contributed by atoms with Crippen LogP contribution in [-0.4, -0.2) is 9.97 Å². The van der Waals surface area contributed by atoms with Gasteiger partial charge in [0.2, 0.25) is 0 Å². The van der Waals surface area contributed by atoms with E-state index in [9.17, 15) is 0 Å². The number of halogens is 8. The summed E-state index contributed by atoms with van der Waals surface area (Å²) in [5.41, 5.74) is 8.93. The van der Waals surface area contributed by atoms with E-state index in [0.717, 1.165) is 0 Å². The standard InChI is InChI=1S/C44H20Cl8N4.Cu/c45-21-5-1-6-22(46)37(21)41-29-13-15-31(53-29)42(38-23(47)7-2-8-24(38)48)33-17-19-35(55-33)44(40-27(51)11-4-12-28(40)52)36-20-18-34(56-36)43(32-16-14-30(41)54-32)39-25(49)9-3-10-26(39)50;/h1-20H;/q-2;+2. The van der Waals surface area contributed by atoms with Gasteiger partial charge in [-0.25, -0.2) is 9.97 Å². The molecule has 1 radical (unpaired) electrons. The number of hydrogen-bond acceptors (Lipinski definition) is 2. The number of nitrogens with zero attached hydrogens (tertiary/aromatic N) is 4. The van der Waals surface area contributed by atoms with E-state index in [0.29, 0.717) is 130 Å². The Balaban J connectivity index is 0.00000455. The molecule has 0 unspecified atom stereocenters. The first-order valence-corrected chi connectivity index (χ1v) is 19.9. The Bertz CT molecular complexity index is 2560. The molecule has 9 rings (SSSR count). The second-order valence-corrected chi connectivity index (χ2v) is 16.0. The second-order valence-electron chi connectivity index (χ2n) is 12.7. The van der Waals surface area contributed by atoms with Gasteiger partial charge in [-0.1, -0.05) is 141 Å². The summed E-state index contributed by atoms with van der Waals surface area (Å²) in [7, 11) is 0. The van der Waals surface area contributed by atoms with E-state index in [2.05, 4.69) is 0 Å². The number of hydrogen-bond donors (Lipinski definition) is 0. The van der Waals surface area contributed by atoms with Crippen molar-refractivity contribution in [2.75, 3.05) is 0 Å². The molecule has 4 nitrogen and oxygen atoms in total. The maximum Gasteiger partial charge on any atom is 2.00 e. The maximum absolute atomic E-state index is 6.93. The van der Waals surface area contributed by atoms with Crippen molar-refractivity contribution in [1.29, 1.82) is 0 Å². The summed E-state index contributed by atoms with van der Waals surface area (Å²) in [5, 5.41) is 3.32. The summed E-state index contributed by atoms with van der Waals surface area (Å²) >= 11 is 55.4. The van der Waals surface area contributed by atoms with Gasteiger partial charge in [-0.05, 0) is 95.1 Å². The third-order valence-corrected chi connectivity index (χ3v) is 12.0. The van der Waals surface area contributed by atoms with Crippen molar-refractivity contribution in [2.45, 2.75) is 0 Å². The molecule has 0 aliphatic carbocycles. The number of fused-ring (bicyclic) bond motifs is 8. The monoisotopic (exact) mass is 947 g/mol. The van der Waals surface area contributed by atoms with Crippen LogP contribution in [0.25, 0.3) is 90.9 Å². The van der Waals surface area contributed by atoms with Gasteiger partial charge in [0.15, 0.2) is 0 Å². The third-order valence-electron chi connectivity index (χ3n) is 9.46. The van der Waals surface area contributed by atoms with Crippen LogP contribution in [0.1, 0.15) is 22.8 Å². The molecule has 2 aliphatic heterocycles. The minimum atomic E-state index is 0. The van der Waals surface area contributed by atoms with Gasteiger partial charge in [-0.15, -0.1) is 22.1 Å². The zero-order valence-electron chi connectivity index (χ0n) is 28.7. The summed E-state index contributed by atoms with van der Waals surface area (Å²) in [5.74, 6) is 0. The van der Waals surface area contributed by atoms with Gasteiger partial charge in [-0.3, -0.25) is 0 Å². The summed E-state index contributed by atoms with van der Waals surface area (Å²) < 4.78 is 0. The molecule has 8 bridgehead atoms. The van der Waals surface area contributed by atoms with Crippen molar-refractivity contribution in [1.82, 2.24) is 19.9 Å². The van der Waals surface area contributed by atoms with Crippen molar-refractivity contribution in [3.05, 3.63) is 160 Å². The molecule has 13 heteroatoms. The Kier molecular flexibility index (Phi) is 11.4. The molecular weight excluding hydrogens is 932 g/mol. The molecule has 0 fully saturated rings. The van der Waals surface area contributed by atoms with Crippen molar-refractivity contribution in [3.63, 3.8) is 0 Å². The van der Waals surface area contributed by atoms with Crippen LogP contribution in [0.5, 0.6) is 0 Å². The largest absolute Gasteiger partial charge is 2.00 e. The maximum atomic E-state index is 6.93. The van der Waals surface area contributed by atoms with Gasteiger partial charge in [0.1, 0.15) is 0 Å². The normalized spacial score (nSPS) is 11.9. The van der Waals surface area contributed by atoms with Gasteiger partial charge in [-0.2, -0.15) is 0 Å². The fourth-order valence-corrected chi connectivity index (χ4v) is 9.40. The molecule has 0 atom stereocenters. The smallest absolute Gasteiger partial charge is 0.657 e. The van der Waals surface area contributed by atoms with Gasteiger partial charge < -0.3 is 9.97 Å². The fourth-order valence-electron chi connectivity index (χ4n) is 7.06. The number of rotatable bonds is 4. The van der Waals surface area contributed by atoms with Crippen LogP contribution in [0, 0.1) is 0 Å². The summed E-state index contributed by atoms with van der Waals surface area (Å²) in [6.45, 7) is 0. The van der Waals surface area contributed by atoms with Crippen LogP contribution in [0.3, 0.4) is 0 Å². The van der Waals surface area contributed by atoms with Crippen LogP contribution in [-0.2, 0) is 17.1 Å². The molecule has 0 spiro atoms. The van der Waals surface area contributed by atoms with E-state index in [4.69, 9.17) is 113 Å². The minimum Gasteiger partial charge on any atom is -0.657 e. The van der Waals surface area contributed by atoms with Gasteiger partial charge in [0.05, 0.1) is 22.8 Å². The zero-order chi connectivity index (χ0) is 38.8. The average molecular weight is 952 g/mol. The molecule has 0 saturated carbocycles. The molecule has 0 N–H and O–H groups in total. The van der Waals surface area contributed by atoms with E-state index in [1.165, 1.54) is 0 Å². The molecule has 0 saturated heterocycles. The van der Waals surface area contributed by atoms with E-state index in [1.54, 1.807) is 72.8 Å². The summed E-state index contributed by atoms with van der Waals surface area (Å²) in [4.78, 5) is 20.8. The fraction of sp³-hybridized carbons (Fsp3) is 0. The Morgan fingerprint density at radius 1 is 0.281 bits per heavy atom. The molecular formula is C44H20Cl8CuN4. The predicted molar refractivity (Wildman–Crippen MR) is 239 cm³/mol. The van der Waals surface area contributed by atoms with Crippen LogP contribution in [0.2, 0.25) is 40.2 Å². The summed E-state index contributed by atoms with van der Waals surface area (Å²) in [6.07, 6.45) is 7.53. The predicted octanol–water partition coefficient (Wildman–Crippen LogP) is 15.8. The number of benzene rings is 4. The van der Waals surface area contributed by atoms with Crippen LogP contribution in [0.4, 0.5) is 0 Å². The quantitative estimate of drug-likeness (QED) is 0.165. The minimum absolute atomic E-state index is 0. The first-order chi connectivity index (χ1) is 27.1. The van der Waals surface area contributed by atoms with Gasteiger partial charge >= 0.3 is 17.1 Å². The van der Waals surface area contributed by atoms with Crippen molar-refractivity contribution in [2.24, 2.45) is 0 Å². The van der Waals surface area contributed by atoms with Crippen molar-refractivity contribution < 1.29 is 17.1 Å². The SMILES string of the molecule is Clc1cccc(Cl)c1-c1c2nc(c(-c3c(Cl)cccc3Cl)c3ccc([n-]3)c(-c3c(Cl)cccc3Cl)c3nc(c(-c4c(Cl)cccc4Cl)c4ccc1[n-]4)C=C3)C=C2.[Cu+2]. The molecule has 4 aromatic carbocycles. The van der Waals surface area contributed by atoms with E-state index >= 15 is 0 Å². The first-order valence-electron chi connectivity index (χ1n) is 16.9. The van der Waals surface area contributed by atoms with E-state index in [-0.39, 0.29) is 17.1 Å². The molecule has 283 valence electrons. The molecule has 7 aromatic rings. The van der Waals surface area contributed by atoms with Crippen molar-refractivity contribution >= 4 is 139 Å². The molecule has 0 amide bonds. The Morgan fingerprint density at radius 2 is 0.474 bits per heavy atom.